The minimum absolute atomic E-state index is 0.0313. The molecule has 2 aliphatic rings. The summed E-state index contributed by atoms with van der Waals surface area (Å²) in [6.07, 6.45) is 4.37. The largest absolute Gasteiger partial charge is 0.254 e. The van der Waals surface area contributed by atoms with Crippen molar-refractivity contribution < 1.29 is 8.78 Å². The van der Waals surface area contributed by atoms with E-state index >= 15 is 0 Å². The third-order valence-electron chi connectivity index (χ3n) is 5.42. The van der Waals surface area contributed by atoms with E-state index in [0.717, 1.165) is 12.1 Å². The van der Waals surface area contributed by atoms with Gasteiger partial charge in [-0.1, -0.05) is 12.1 Å². The molecule has 3 aromatic rings. The van der Waals surface area contributed by atoms with Crippen LogP contribution in [-0.4, -0.2) is 9.97 Å². The molecule has 0 fully saturated rings. The Morgan fingerprint density at radius 3 is 2.03 bits per heavy atom. The first-order valence-corrected chi connectivity index (χ1v) is 9.41. The molecule has 2 aromatic heterocycles. The van der Waals surface area contributed by atoms with Crippen LogP contribution >= 0.6 is 0 Å². The van der Waals surface area contributed by atoms with Gasteiger partial charge in [-0.2, -0.15) is 15.8 Å². The molecule has 148 valence electrons. The minimum Gasteiger partial charge on any atom is -0.254 e. The molecule has 5 nitrogen and oxygen atoms in total. The molecule has 0 radical (unpaired) electrons. The first-order valence-electron chi connectivity index (χ1n) is 9.41. The number of fused-ring (bicyclic) bond motifs is 4. The highest BCUT2D eigenvalue weighted by atomic mass is 19.1. The summed E-state index contributed by atoms with van der Waals surface area (Å²) in [6.45, 7) is 0. The molecule has 0 saturated carbocycles. The predicted molar refractivity (Wildman–Crippen MR) is 112 cm³/mol. The lowest BCUT2D eigenvalue weighted by Gasteiger charge is -2.11. The highest BCUT2D eigenvalue weighted by molar-refractivity contribution is 6.19. The lowest BCUT2D eigenvalue weighted by molar-refractivity contribution is 0.581. The molecule has 0 amide bonds. The van der Waals surface area contributed by atoms with Crippen molar-refractivity contribution in [2.45, 2.75) is 0 Å². The van der Waals surface area contributed by atoms with Crippen LogP contribution in [-0.2, 0) is 0 Å². The summed E-state index contributed by atoms with van der Waals surface area (Å²) < 4.78 is 29.2. The van der Waals surface area contributed by atoms with Crippen LogP contribution in [0.1, 0.15) is 22.3 Å². The predicted octanol–water partition coefficient (Wildman–Crippen LogP) is 4.96. The van der Waals surface area contributed by atoms with Gasteiger partial charge in [0.15, 0.2) is 0 Å². The number of rotatable bonds is 0. The van der Waals surface area contributed by atoms with E-state index in [1.54, 1.807) is 36.7 Å². The van der Waals surface area contributed by atoms with E-state index < -0.39 is 11.6 Å². The molecular formula is C25H9F2N5. The molecule has 32 heavy (non-hydrogen) atoms. The van der Waals surface area contributed by atoms with E-state index in [0.29, 0.717) is 39.7 Å². The number of hydrogen-bond donors (Lipinski definition) is 0. The van der Waals surface area contributed by atoms with E-state index in [1.807, 2.05) is 18.2 Å². The molecule has 0 bridgehead atoms. The second-order valence-electron chi connectivity index (χ2n) is 7.02. The van der Waals surface area contributed by atoms with E-state index in [9.17, 15) is 24.6 Å². The zero-order valence-corrected chi connectivity index (χ0v) is 16.2. The van der Waals surface area contributed by atoms with E-state index in [2.05, 4.69) is 9.97 Å². The number of nitriles is 3. The summed E-state index contributed by atoms with van der Waals surface area (Å²) in [6, 6.07) is 14.4. The van der Waals surface area contributed by atoms with Crippen LogP contribution < -0.4 is 0 Å². The van der Waals surface area contributed by atoms with Crippen molar-refractivity contribution in [3.63, 3.8) is 0 Å². The van der Waals surface area contributed by atoms with Gasteiger partial charge in [-0.05, 0) is 23.8 Å². The molecule has 5 rings (SSSR count). The molecule has 0 unspecified atom stereocenters. The summed E-state index contributed by atoms with van der Waals surface area (Å²) >= 11 is 0. The van der Waals surface area contributed by atoms with Crippen LogP contribution in [0, 0.1) is 45.6 Å². The molecule has 0 N–H and O–H groups in total. The van der Waals surface area contributed by atoms with Gasteiger partial charge in [0.25, 0.3) is 0 Å². The molecule has 1 aromatic carbocycles. The van der Waals surface area contributed by atoms with Crippen molar-refractivity contribution in [3.05, 3.63) is 99.9 Å². The number of allylic oxidation sites excluding steroid dienone is 5. The van der Waals surface area contributed by atoms with Crippen LogP contribution in [0.5, 0.6) is 0 Å². The van der Waals surface area contributed by atoms with Crippen molar-refractivity contribution in [3.8, 4) is 29.6 Å². The Kier molecular flexibility index (Phi) is 4.22. The van der Waals surface area contributed by atoms with Gasteiger partial charge in [-0.3, -0.25) is 9.97 Å². The Balaban J connectivity index is 2.05. The monoisotopic (exact) mass is 417 g/mol. The van der Waals surface area contributed by atoms with Gasteiger partial charge < -0.3 is 0 Å². The van der Waals surface area contributed by atoms with Crippen LogP contribution in [0.4, 0.5) is 8.78 Å². The zero-order chi connectivity index (χ0) is 22.4. The van der Waals surface area contributed by atoms with E-state index in [1.165, 1.54) is 0 Å². The van der Waals surface area contributed by atoms with Gasteiger partial charge in [0, 0.05) is 63.5 Å². The Labute approximate surface area is 181 Å². The fourth-order valence-corrected chi connectivity index (χ4v) is 4.31. The molecule has 7 heteroatoms. The second kappa shape index (κ2) is 7.09. The zero-order valence-electron chi connectivity index (χ0n) is 16.2. The van der Waals surface area contributed by atoms with Crippen molar-refractivity contribution in [1.82, 2.24) is 9.97 Å². The van der Waals surface area contributed by atoms with Gasteiger partial charge in [-0.15, -0.1) is 0 Å². The van der Waals surface area contributed by atoms with Gasteiger partial charge in [-0.25, -0.2) is 8.78 Å². The Morgan fingerprint density at radius 2 is 1.47 bits per heavy atom. The Morgan fingerprint density at radius 1 is 0.844 bits per heavy atom. The second-order valence-corrected chi connectivity index (χ2v) is 7.02. The Bertz CT molecular complexity index is 1510. The van der Waals surface area contributed by atoms with Crippen LogP contribution in [0.15, 0.2) is 66.0 Å². The third-order valence-corrected chi connectivity index (χ3v) is 5.42. The van der Waals surface area contributed by atoms with Crippen molar-refractivity contribution in [1.29, 1.82) is 15.8 Å². The normalized spacial score (nSPS) is 14.3. The number of hydrogen-bond acceptors (Lipinski definition) is 5. The van der Waals surface area contributed by atoms with Gasteiger partial charge >= 0.3 is 0 Å². The maximum atomic E-state index is 15.0. The fourth-order valence-electron chi connectivity index (χ4n) is 4.31. The summed E-state index contributed by atoms with van der Waals surface area (Å²) in [7, 11) is 0. The average Bonchev–Trinajstić information content (AvgIpc) is 3.28. The summed E-state index contributed by atoms with van der Waals surface area (Å²) in [4.78, 5) is 8.85. The average molecular weight is 417 g/mol. The molecule has 2 heterocycles. The SMILES string of the molecule is N#C/C=C1/C(=C2c3cccnc3-c3ncccc32)C(=C(C#N)C#N)c2cc(F)cc(F)c21. The maximum absolute atomic E-state index is 15.0. The van der Waals surface area contributed by atoms with Crippen molar-refractivity contribution in [2.75, 3.05) is 0 Å². The number of halogens is 2. The quantitative estimate of drug-likeness (QED) is 0.377. The lowest BCUT2D eigenvalue weighted by Crippen LogP contribution is -1.94. The summed E-state index contributed by atoms with van der Waals surface area (Å²) in [5, 5.41) is 28.8. The highest BCUT2D eigenvalue weighted by Gasteiger charge is 2.38. The molecule has 0 saturated heterocycles. The molecule has 2 aliphatic carbocycles. The maximum Gasteiger partial charge on any atom is 0.138 e. The molecule has 0 aliphatic heterocycles. The van der Waals surface area contributed by atoms with E-state index in [4.69, 9.17) is 0 Å². The van der Waals surface area contributed by atoms with Crippen LogP contribution in [0.25, 0.3) is 28.1 Å². The minimum atomic E-state index is -0.888. The standard InChI is InChI=1S/C25H9F2N5/c26-14-9-18-20(13(11-29)12-30)23(15(5-6-28)21(18)19(27)10-14)22-16-3-1-7-31-24(16)25-17(22)4-2-8-32-25/h1-5,7-10H/b15-5+. The topological polar surface area (TPSA) is 97.2 Å². The molecule has 0 spiro atoms. The van der Waals surface area contributed by atoms with Crippen LogP contribution in [0.3, 0.4) is 0 Å². The first kappa shape index (κ1) is 19.1. The van der Waals surface area contributed by atoms with Crippen molar-refractivity contribution >= 4 is 16.7 Å². The number of nitrogens with zero attached hydrogens (tertiary/aromatic N) is 5. The summed E-state index contributed by atoms with van der Waals surface area (Å²) in [5.74, 6) is -1.74. The number of pyridine rings is 2. The Hall–Kier alpha value is -4.93. The van der Waals surface area contributed by atoms with Crippen LogP contribution in [0.2, 0.25) is 0 Å². The third kappa shape index (κ3) is 2.51. The van der Waals surface area contributed by atoms with Gasteiger partial charge in [0.05, 0.1) is 17.5 Å². The van der Waals surface area contributed by atoms with Crippen molar-refractivity contribution in [2.24, 2.45) is 0 Å². The fraction of sp³-hybridized carbons (Fsp3) is 0. The lowest BCUT2D eigenvalue weighted by atomic mass is 9.89. The number of benzene rings is 1. The first-order chi connectivity index (χ1) is 15.6. The van der Waals surface area contributed by atoms with Gasteiger partial charge in [0.2, 0.25) is 0 Å². The summed E-state index contributed by atoms with van der Waals surface area (Å²) in [5.41, 5.74) is 3.26. The molecule has 0 atom stereocenters. The van der Waals surface area contributed by atoms with E-state index in [-0.39, 0.29) is 27.8 Å². The smallest absolute Gasteiger partial charge is 0.138 e. The van der Waals surface area contributed by atoms with Gasteiger partial charge in [0.1, 0.15) is 29.3 Å². The number of aromatic nitrogens is 2. The molecular weight excluding hydrogens is 408 g/mol. The highest BCUT2D eigenvalue weighted by Crippen LogP contribution is 2.55.